The van der Waals surface area contributed by atoms with Crippen LogP contribution in [0.4, 0.5) is 23.2 Å². The summed E-state index contributed by atoms with van der Waals surface area (Å²) in [5, 5.41) is 3.54. The van der Waals surface area contributed by atoms with Gasteiger partial charge in [-0.05, 0) is 30.3 Å². The molecule has 0 bridgehead atoms. The molecule has 0 aromatic heterocycles. The first-order valence-corrected chi connectivity index (χ1v) is 6.58. The summed E-state index contributed by atoms with van der Waals surface area (Å²) < 4.78 is 51.0. The van der Waals surface area contributed by atoms with E-state index in [0.717, 1.165) is 6.07 Å². The molecule has 0 fully saturated rings. The van der Waals surface area contributed by atoms with E-state index in [0.29, 0.717) is 21.7 Å². The predicted molar refractivity (Wildman–Crippen MR) is 75.2 cm³/mol. The highest BCUT2D eigenvalue weighted by molar-refractivity contribution is 6.36. The van der Waals surface area contributed by atoms with E-state index in [2.05, 4.69) is 5.32 Å². The van der Waals surface area contributed by atoms with E-state index in [1.54, 1.807) is 18.2 Å². The van der Waals surface area contributed by atoms with Crippen molar-refractivity contribution in [1.29, 1.82) is 0 Å². The van der Waals surface area contributed by atoms with Gasteiger partial charge in [-0.2, -0.15) is 13.2 Å². The van der Waals surface area contributed by atoms with E-state index in [4.69, 9.17) is 23.2 Å². The van der Waals surface area contributed by atoms with E-state index in [1.807, 2.05) is 0 Å². The molecule has 0 atom stereocenters. The highest BCUT2D eigenvalue weighted by atomic mass is 35.5. The predicted octanol–water partition coefficient (Wildman–Crippen LogP) is 5.76. The van der Waals surface area contributed by atoms with Gasteiger partial charge in [-0.15, -0.1) is 0 Å². The Morgan fingerprint density at radius 1 is 1.00 bits per heavy atom. The van der Waals surface area contributed by atoms with Crippen LogP contribution in [0.3, 0.4) is 0 Å². The van der Waals surface area contributed by atoms with Crippen LogP contribution in [0, 0.1) is 5.82 Å². The van der Waals surface area contributed by atoms with Crippen molar-refractivity contribution in [3.05, 3.63) is 63.4 Å². The normalized spacial score (nSPS) is 11.5. The fourth-order valence-electron chi connectivity index (χ4n) is 1.74. The minimum absolute atomic E-state index is 0.125. The molecule has 7 heteroatoms. The van der Waals surface area contributed by atoms with Crippen molar-refractivity contribution < 1.29 is 17.6 Å². The average Bonchev–Trinajstić information content (AvgIpc) is 2.38. The van der Waals surface area contributed by atoms with Gasteiger partial charge in [-0.3, -0.25) is 0 Å². The first-order valence-electron chi connectivity index (χ1n) is 5.82. The molecular formula is C14H9Cl2F4N. The lowest BCUT2D eigenvalue weighted by Gasteiger charge is -2.13. The zero-order valence-corrected chi connectivity index (χ0v) is 12.0. The van der Waals surface area contributed by atoms with Crippen LogP contribution in [0.5, 0.6) is 0 Å². The van der Waals surface area contributed by atoms with Gasteiger partial charge < -0.3 is 5.32 Å². The number of alkyl halides is 3. The Hall–Kier alpha value is -1.46. The fraction of sp³-hybridized carbons (Fsp3) is 0.143. The summed E-state index contributed by atoms with van der Waals surface area (Å²) >= 11 is 11.9. The standard InChI is InChI=1S/C14H9Cl2F4N/c15-11-2-1-3-12(16)9(11)7-21-8-4-5-13(17)10(6-8)14(18,19)20/h1-6,21H,7H2. The molecule has 1 N–H and O–H groups in total. The van der Waals surface area contributed by atoms with Gasteiger partial charge >= 0.3 is 6.18 Å². The summed E-state index contributed by atoms with van der Waals surface area (Å²) in [5.74, 6) is -1.32. The third-order valence-corrected chi connectivity index (χ3v) is 3.51. The zero-order chi connectivity index (χ0) is 15.6. The molecule has 0 aliphatic carbocycles. The van der Waals surface area contributed by atoms with Gasteiger partial charge in [0.1, 0.15) is 5.82 Å². The van der Waals surface area contributed by atoms with E-state index >= 15 is 0 Å². The molecule has 0 aliphatic heterocycles. The van der Waals surface area contributed by atoms with Crippen LogP contribution in [0.15, 0.2) is 36.4 Å². The molecule has 2 aromatic rings. The number of hydrogen-bond acceptors (Lipinski definition) is 1. The maximum absolute atomic E-state index is 13.2. The summed E-state index contributed by atoms with van der Waals surface area (Å²) in [4.78, 5) is 0. The second-order valence-corrected chi connectivity index (χ2v) is 5.06. The highest BCUT2D eigenvalue weighted by Crippen LogP contribution is 2.33. The minimum Gasteiger partial charge on any atom is -0.381 e. The molecule has 0 heterocycles. The summed E-state index contributed by atoms with van der Waals surface area (Å²) in [6.45, 7) is 0.126. The largest absolute Gasteiger partial charge is 0.419 e. The average molecular weight is 338 g/mol. The van der Waals surface area contributed by atoms with Gasteiger partial charge in [-0.25, -0.2) is 4.39 Å². The van der Waals surface area contributed by atoms with Crippen molar-refractivity contribution in [2.75, 3.05) is 5.32 Å². The van der Waals surface area contributed by atoms with Crippen molar-refractivity contribution in [1.82, 2.24) is 0 Å². The van der Waals surface area contributed by atoms with Gasteiger partial charge in [0.25, 0.3) is 0 Å². The van der Waals surface area contributed by atoms with Gasteiger partial charge in [0.05, 0.1) is 5.56 Å². The van der Waals surface area contributed by atoms with Crippen molar-refractivity contribution >= 4 is 28.9 Å². The Labute approximate surface area is 128 Å². The van der Waals surface area contributed by atoms with E-state index < -0.39 is 17.6 Å². The van der Waals surface area contributed by atoms with Gasteiger partial charge in [-0.1, -0.05) is 29.3 Å². The number of anilines is 1. The Bertz CT molecular complexity index is 636. The monoisotopic (exact) mass is 337 g/mol. The van der Waals surface area contributed by atoms with Gasteiger partial charge in [0, 0.05) is 27.8 Å². The molecule has 0 radical (unpaired) electrons. The molecule has 0 aliphatic rings. The smallest absolute Gasteiger partial charge is 0.381 e. The number of benzene rings is 2. The summed E-state index contributed by atoms with van der Waals surface area (Å²) in [6.07, 6.45) is -4.75. The lowest BCUT2D eigenvalue weighted by atomic mass is 10.1. The molecule has 112 valence electrons. The number of nitrogens with one attached hydrogen (secondary N) is 1. The summed E-state index contributed by atoms with van der Waals surface area (Å²) in [7, 11) is 0. The Morgan fingerprint density at radius 3 is 2.19 bits per heavy atom. The molecule has 1 nitrogen and oxygen atoms in total. The maximum atomic E-state index is 13.2. The third-order valence-electron chi connectivity index (χ3n) is 2.80. The third kappa shape index (κ3) is 3.80. The van der Waals surface area contributed by atoms with Crippen molar-refractivity contribution in [2.24, 2.45) is 0 Å². The molecule has 0 amide bonds. The first kappa shape index (κ1) is 15.9. The molecule has 0 unspecified atom stereocenters. The summed E-state index contributed by atoms with van der Waals surface area (Å²) in [6, 6.07) is 7.59. The topological polar surface area (TPSA) is 12.0 Å². The van der Waals surface area contributed by atoms with Crippen LogP contribution in [-0.2, 0) is 12.7 Å². The second kappa shape index (κ2) is 6.12. The first-order chi connectivity index (χ1) is 9.79. The van der Waals surface area contributed by atoms with E-state index in [-0.39, 0.29) is 12.2 Å². The molecular weight excluding hydrogens is 329 g/mol. The minimum atomic E-state index is -4.75. The summed E-state index contributed by atoms with van der Waals surface area (Å²) in [5.41, 5.74) is -0.642. The number of hydrogen-bond donors (Lipinski definition) is 1. The van der Waals surface area contributed by atoms with Gasteiger partial charge in [0.15, 0.2) is 0 Å². The second-order valence-electron chi connectivity index (χ2n) is 4.25. The van der Waals surface area contributed by atoms with Crippen LogP contribution < -0.4 is 5.32 Å². The fourth-order valence-corrected chi connectivity index (χ4v) is 2.28. The number of halogens is 6. The molecule has 2 rings (SSSR count). The van der Waals surface area contributed by atoms with Crippen molar-refractivity contribution in [3.8, 4) is 0 Å². The maximum Gasteiger partial charge on any atom is 0.419 e. The van der Waals surface area contributed by atoms with Crippen LogP contribution in [-0.4, -0.2) is 0 Å². The van der Waals surface area contributed by atoms with E-state index in [1.165, 1.54) is 6.07 Å². The molecule has 0 saturated heterocycles. The van der Waals surface area contributed by atoms with E-state index in [9.17, 15) is 17.6 Å². The van der Waals surface area contributed by atoms with Crippen LogP contribution in [0.2, 0.25) is 10.0 Å². The van der Waals surface area contributed by atoms with Crippen LogP contribution in [0.25, 0.3) is 0 Å². The Morgan fingerprint density at radius 2 is 1.62 bits per heavy atom. The van der Waals surface area contributed by atoms with Crippen LogP contribution in [0.1, 0.15) is 11.1 Å². The number of rotatable bonds is 3. The molecule has 2 aromatic carbocycles. The Kier molecular flexibility index (Phi) is 4.64. The van der Waals surface area contributed by atoms with Gasteiger partial charge in [0.2, 0.25) is 0 Å². The quantitative estimate of drug-likeness (QED) is 0.701. The molecule has 0 spiro atoms. The van der Waals surface area contributed by atoms with Crippen LogP contribution >= 0.6 is 23.2 Å². The highest BCUT2D eigenvalue weighted by Gasteiger charge is 2.34. The molecule has 21 heavy (non-hydrogen) atoms. The Balaban J connectivity index is 2.22. The molecule has 0 saturated carbocycles. The zero-order valence-electron chi connectivity index (χ0n) is 10.4. The SMILES string of the molecule is Fc1ccc(NCc2c(Cl)cccc2Cl)cc1C(F)(F)F. The van der Waals surface area contributed by atoms with Crippen molar-refractivity contribution in [3.63, 3.8) is 0 Å². The van der Waals surface area contributed by atoms with Crippen molar-refractivity contribution in [2.45, 2.75) is 12.7 Å². The lowest BCUT2D eigenvalue weighted by molar-refractivity contribution is -0.139. The lowest BCUT2D eigenvalue weighted by Crippen LogP contribution is -2.09.